The lowest BCUT2D eigenvalue weighted by Crippen LogP contribution is -1.99. The van der Waals surface area contributed by atoms with Gasteiger partial charge in [-0.05, 0) is 18.6 Å². The molecule has 0 radical (unpaired) electrons. The molecule has 0 aliphatic carbocycles. The molecule has 20 heavy (non-hydrogen) atoms. The Bertz CT molecular complexity index is 415. The second-order valence-electron chi connectivity index (χ2n) is 4.89. The summed E-state index contributed by atoms with van der Waals surface area (Å²) < 4.78 is 5.81. The molecule has 0 atom stereocenters. The minimum Gasteiger partial charge on any atom is -0.492 e. The van der Waals surface area contributed by atoms with Crippen molar-refractivity contribution in [1.29, 1.82) is 0 Å². The molecule has 0 aromatic heterocycles. The van der Waals surface area contributed by atoms with E-state index in [9.17, 15) is 0 Å². The monoisotopic (exact) mass is 274 g/mol. The summed E-state index contributed by atoms with van der Waals surface area (Å²) in [7, 11) is 0. The Morgan fingerprint density at radius 2 is 1.80 bits per heavy atom. The summed E-state index contributed by atoms with van der Waals surface area (Å²) in [5.41, 5.74) is 0.909. The lowest BCUT2D eigenvalue weighted by molar-refractivity contribution is 0.303. The van der Waals surface area contributed by atoms with Crippen molar-refractivity contribution in [3.63, 3.8) is 0 Å². The molecule has 0 saturated carbocycles. The molecule has 2 nitrogen and oxygen atoms in total. The van der Waals surface area contributed by atoms with Crippen LogP contribution < -0.4 is 4.74 Å². The van der Waals surface area contributed by atoms with Crippen molar-refractivity contribution < 1.29 is 9.84 Å². The fraction of sp³-hybridized carbons (Fsp3) is 0.556. The predicted octanol–water partition coefficient (Wildman–Crippen LogP) is 4.16. The van der Waals surface area contributed by atoms with Gasteiger partial charge in [-0.2, -0.15) is 0 Å². The summed E-state index contributed by atoms with van der Waals surface area (Å²) in [5, 5.41) is 8.74. The lowest BCUT2D eigenvalue weighted by atomic mass is 10.1. The van der Waals surface area contributed by atoms with Crippen LogP contribution in [0.4, 0.5) is 0 Å². The van der Waals surface area contributed by atoms with Crippen molar-refractivity contribution in [1.82, 2.24) is 0 Å². The quantitative estimate of drug-likeness (QED) is 0.541. The van der Waals surface area contributed by atoms with Crippen LogP contribution in [0.25, 0.3) is 0 Å². The third-order valence-electron chi connectivity index (χ3n) is 3.10. The van der Waals surface area contributed by atoms with Gasteiger partial charge in [0.2, 0.25) is 0 Å². The third kappa shape index (κ3) is 7.21. The van der Waals surface area contributed by atoms with Crippen molar-refractivity contribution >= 4 is 0 Å². The van der Waals surface area contributed by atoms with E-state index in [-0.39, 0.29) is 6.61 Å². The van der Waals surface area contributed by atoms with Crippen molar-refractivity contribution in [2.24, 2.45) is 0 Å². The number of unbranched alkanes of at least 4 members (excludes halogenated alkanes) is 5. The Hall–Kier alpha value is -1.46. The topological polar surface area (TPSA) is 29.5 Å². The summed E-state index contributed by atoms with van der Waals surface area (Å²) >= 11 is 0. The average Bonchev–Trinajstić information content (AvgIpc) is 2.48. The first-order chi connectivity index (χ1) is 9.88. The largest absolute Gasteiger partial charge is 0.492 e. The number of hydrogen-bond acceptors (Lipinski definition) is 2. The van der Waals surface area contributed by atoms with E-state index in [0.717, 1.165) is 24.3 Å². The van der Waals surface area contributed by atoms with E-state index in [2.05, 4.69) is 18.8 Å². The lowest BCUT2D eigenvalue weighted by Gasteiger charge is -2.08. The van der Waals surface area contributed by atoms with Crippen molar-refractivity contribution in [2.45, 2.75) is 51.9 Å². The highest BCUT2D eigenvalue weighted by Crippen LogP contribution is 2.17. The van der Waals surface area contributed by atoms with E-state index in [0.29, 0.717) is 6.42 Å². The number of ether oxygens (including phenoxy) is 1. The SMILES string of the molecule is CCCCCCCCOc1ccccc1C#CCCO. The Kier molecular flexibility index (Phi) is 9.44. The molecule has 1 rings (SSSR count). The molecule has 0 unspecified atom stereocenters. The van der Waals surface area contributed by atoms with Crippen LogP contribution in [-0.4, -0.2) is 18.3 Å². The van der Waals surface area contributed by atoms with Gasteiger partial charge >= 0.3 is 0 Å². The Morgan fingerprint density at radius 3 is 2.60 bits per heavy atom. The fourth-order valence-corrected chi connectivity index (χ4v) is 1.97. The van der Waals surface area contributed by atoms with Gasteiger partial charge < -0.3 is 9.84 Å². The van der Waals surface area contributed by atoms with Crippen LogP contribution in [0.3, 0.4) is 0 Å². The molecule has 0 aliphatic heterocycles. The van der Waals surface area contributed by atoms with Gasteiger partial charge in [0.05, 0.1) is 18.8 Å². The zero-order chi connectivity index (χ0) is 14.5. The number of hydrogen-bond donors (Lipinski definition) is 1. The van der Waals surface area contributed by atoms with Gasteiger partial charge in [-0.15, -0.1) is 0 Å². The number of benzene rings is 1. The fourth-order valence-electron chi connectivity index (χ4n) is 1.97. The highest BCUT2D eigenvalue weighted by Gasteiger charge is 1.99. The summed E-state index contributed by atoms with van der Waals surface area (Å²) in [6.07, 6.45) is 8.10. The van der Waals surface area contributed by atoms with Crippen molar-refractivity contribution in [2.75, 3.05) is 13.2 Å². The first-order valence-corrected chi connectivity index (χ1v) is 7.70. The van der Waals surface area contributed by atoms with E-state index >= 15 is 0 Å². The molecule has 1 aromatic carbocycles. The zero-order valence-corrected chi connectivity index (χ0v) is 12.5. The molecule has 0 aliphatic rings. The highest BCUT2D eigenvalue weighted by molar-refractivity contribution is 5.45. The van der Waals surface area contributed by atoms with Crippen LogP contribution in [-0.2, 0) is 0 Å². The third-order valence-corrected chi connectivity index (χ3v) is 3.10. The van der Waals surface area contributed by atoms with Crippen molar-refractivity contribution in [3.05, 3.63) is 29.8 Å². The van der Waals surface area contributed by atoms with E-state index in [1.54, 1.807) is 0 Å². The van der Waals surface area contributed by atoms with Crippen molar-refractivity contribution in [3.8, 4) is 17.6 Å². The summed E-state index contributed by atoms with van der Waals surface area (Å²) in [5.74, 6) is 6.84. The Morgan fingerprint density at radius 1 is 1.05 bits per heavy atom. The van der Waals surface area contributed by atoms with Gasteiger partial charge in [0.1, 0.15) is 5.75 Å². The number of aliphatic hydroxyl groups is 1. The number of para-hydroxylation sites is 1. The smallest absolute Gasteiger partial charge is 0.134 e. The number of aliphatic hydroxyl groups excluding tert-OH is 1. The van der Waals surface area contributed by atoms with Gasteiger partial charge in [0.25, 0.3) is 0 Å². The Labute approximate surface area is 123 Å². The molecule has 2 heteroatoms. The van der Waals surface area contributed by atoms with Gasteiger partial charge in [-0.1, -0.05) is 63.0 Å². The molecule has 0 fully saturated rings. The molecule has 0 saturated heterocycles. The van der Waals surface area contributed by atoms with Gasteiger partial charge in [0, 0.05) is 6.42 Å². The van der Waals surface area contributed by atoms with E-state index < -0.39 is 0 Å². The zero-order valence-electron chi connectivity index (χ0n) is 12.5. The Balaban J connectivity index is 2.31. The van der Waals surface area contributed by atoms with E-state index in [1.165, 1.54) is 32.1 Å². The minimum atomic E-state index is 0.105. The molecule has 0 amide bonds. The van der Waals surface area contributed by atoms with Crippen LogP contribution in [0.2, 0.25) is 0 Å². The second-order valence-corrected chi connectivity index (χ2v) is 4.89. The van der Waals surface area contributed by atoms with Gasteiger partial charge in [-0.25, -0.2) is 0 Å². The average molecular weight is 274 g/mol. The molecular weight excluding hydrogens is 248 g/mol. The molecule has 0 bridgehead atoms. The molecule has 1 N–H and O–H groups in total. The minimum absolute atomic E-state index is 0.105. The second kappa shape index (κ2) is 11.4. The van der Waals surface area contributed by atoms with Crippen LogP contribution in [0.15, 0.2) is 24.3 Å². The van der Waals surface area contributed by atoms with Gasteiger partial charge in [0.15, 0.2) is 0 Å². The molecule has 1 aromatic rings. The molecule has 110 valence electrons. The van der Waals surface area contributed by atoms with Gasteiger partial charge in [-0.3, -0.25) is 0 Å². The van der Waals surface area contributed by atoms with Crippen LogP contribution in [0.1, 0.15) is 57.4 Å². The molecular formula is C18H26O2. The predicted molar refractivity (Wildman–Crippen MR) is 83.9 cm³/mol. The normalized spacial score (nSPS) is 9.90. The van der Waals surface area contributed by atoms with Crippen LogP contribution in [0.5, 0.6) is 5.75 Å². The molecule has 0 spiro atoms. The molecule has 0 heterocycles. The maximum atomic E-state index is 8.74. The number of rotatable bonds is 9. The van der Waals surface area contributed by atoms with E-state index in [1.807, 2.05) is 24.3 Å². The van der Waals surface area contributed by atoms with Crippen LogP contribution in [0, 0.1) is 11.8 Å². The maximum Gasteiger partial charge on any atom is 0.134 e. The summed E-state index contributed by atoms with van der Waals surface area (Å²) in [4.78, 5) is 0. The first-order valence-electron chi connectivity index (χ1n) is 7.70. The summed E-state index contributed by atoms with van der Waals surface area (Å²) in [6, 6.07) is 7.84. The standard InChI is InChI=1S/C18H26O2/c1-2-3-4-5-6-11-16-20-18-14-8-7-12-17(18)13-9-10-15-19/h7-8,12,14,19H,2-6,10-11,15-16H2,1H3. The van der Waals surface area contributed by atoms with Crippen LogP contribution >= 0.6 is 0 Å². The maximum absolute atomic E-state index is 8.74. The summed E-state index contributed by atoms with van der Waals surface area (Å²) in [6.45, 7) is 3.09. The first kappa shape index (κ1) is 16.6. The van der Waals surface area contributed by atoms with E-state index in [4.69, 9.17) is 9.84 Å². The highest BCUT2D eigenvalue weighted by atomic mass is 16.5.